The Balaban J connectivity index is 2.40. The smallest absolute Gasteiger partial charge is 0.161 e. The molecule has 6 heteroatoms. The zero-order valence-corrected chi connectivity index (χ0v) is 10.00. The molecule has 1 fully saturated rings. The van der Waals surface area contributed by atoms with Crippen LogP contribution in [-0.4, -0.2) is 18.3 Å². The fraction of sp³-hybridized carbons (Fsp3) is 0.462. The van der Waals surface area contributed by atoms with E-state index in [0.717, 1.165) is 0 Å². The van der Waals surface area contributed by atoms with Crippen LogP contribution >= 0.6 is 0 Å². The van der Waals surface area contributed by atoms with Crippen LogP contribution in [0.4, 0.5) is 13.2 Å². The summed E-state index contributed by atoms with van der Waals surface area (Å²) in [5.74, 6) is -3.64. The van der Waals surface area contributed by atoms with E-state index in [9.17, 15) is 23.5 Å². The lowest BCUT2D eigenvalue weighted by Crippen LogP contribution is -2.34. The van der Waals surface area contributed by atoms with Crippen LogP contribution in [0.1, 0.15) is 24.5 Å². The van der Waals surface area contributed by atoms with E-state index in [2.05, 4.69) is 0 Å². The molecule has 1 aliphatic heterocycles. The highest BCUT2D eigenvalue weighted by molar-refractivity contribution is 5.26. The zero-order valence-electron chi connectivity index (χ0n) is 10.00. The van der Waals surface area contributed by atoms with Gasteiger partial charge in [0.2, 0.25) is 0 Å². The predicted octanol–water partition coefficient (Wildman–Crippen LogP) is 2.46. The van der Waals surface area contributed by atoms with Crippen LogP contribution in [0.3, 0.4) is 0 Å². The van der Waals surface area contributed by atoms with Crippen molar-refractivity contribution in [1.29, 1.82) is 5.26 Å². The van der Waals surface area contributed by atoms with Crippen LogP contribution < -0.4 is 0 Å². The average molecular weight is 271 g/mol. The van der Waals surface area contributed by atoms with Gasteiger partial charge in [-0.25, -0.2) is 13.2 Å². The summed E-state index contributed by atoms with van der Waals surface area (Å²) >= 11 is 0. The molecule has 0 aliphatic carbocycles. The lowest BCUT2D eigenvalue weighted by molar-refractivity contribution is -0.0324. The van der Waals surface area contributed by atoms with E-state index in [4.69, 9.17) is 4.74 Å². The first-order valence-electron chi connectivity index (χ1n) is 5.82. The second kappa shape index (κ2) is 5.19. The van der Waals surface area contributed by atoms with E-state index in [-0.39, 0.29) is 26.1 Å². The second-order valence-corrected chi connectivity index (χ2v) is 4.57. The highest BCUT2D eigenvalue weighted by Gasteiger charge is 2.42. The molecule has 1 atom stereocenters. The standard InChI is InChI=1S/C13H12F3NO2/c14-9-6-11(16)10(15)5-8(9)12(18)13(7-17)1-3-19-4-2-13/h5-6,12,18H,1-4H2. The first kappa shape index (κ1) is 13.8. The molecule has 19 heavy (non-hydrogen) atoms. The lowest BCUT2D eigenvalue weighted by Gasteiger charge is -2.35. The van der Waals surface area contributed by atoms with E-state index < -0.39 is 34.5 Å². The van der Waals surface area contributed by atoms with Gasteiger partial charge in [-0.15, -0.1) is 0 Å². The van der Waals surface area contributed by atoms with Gasteiger partial charge in [-0.05, 0) is 18.9 Å². The van der Waals surface area contributed by atoms with Crippen molar-refractivity contribution in [1.82, 2.24) is 0 Å². The van der Waals surface area contributed by atoms with Crippen molar-refractivity contribution in [2.24, 2.45) is 5.41 Å². The molecule has 1 unspecified atom stereocenters. The van der Waals surface area contributed by atoms with Crippen molar-refractivity contribution in [2.45, 2.75) is 18.9 Å². The molecule has 1 aromatic carbocycles. The summed E-state index contributed by atoms with van der Waals surface area (Å²) in [7, 11) is 0. The molecule has 0 radical (unpaired) electrons. The Bertz CT molecular complexity index is 521. The Hall–Kier alpha value is -1.58. The molecule has 0 saturated carbocycles. The van der Waals surface area contributed by atoms with Crippen LogP contribution in [0.25, 0.3) is 0 Å². The molecule has 1 aromatic rings. The van der Waals surface area contributed by atoms with Crippen molar-refractivity contribution in [2.75, 3.05) is 13.2 Å². The molecule has 1 heterocycles. The van der Waals surface area contributed by atoms with Crippen LogP contribution in [-0.2, 0) is 4.74 Å². The molecule has 1 N–H and O–H groups in total. The van der Waals surface area contributed by atoms with E-state index in [1.807, 2.05) is 6.07 Å². The van der Waals surface area contributed by atoms with Gasteiger partial charge >= 0.3 is 0 Å². The minimum Gasteiger partial charge on any atom is -0.387 e. The highest BCUT2D eigenvalue weighted by atomic mass is 19.2. The van der Waals surface area contributed by atoms with Crippen LogP contribution in [0.5, 0.6) is 0 Å². The van der Waals surface area contributed by atoms with Gasteiger partial charge in [0.25, 0.3) is 0 Å². The van der Waals surface area contributed by atoms with E-state index >= 15 is 0 Å². The van der Waals surface area contributed by atoms with Crippen molar-refractivity contribution >= 4 is 0 Å². The third-order valence-corrected chi connectivity index (χ3v) is 3.47. The molecule has 1 saturated heterocycles. The Labute approximate surface area is 108 Å². The predicted molar refractivity (Wildman–Crippen MR) is 59.4 cm³/mol. The molecule has 0 amide bonds. The highest BCUT2D eigenvalue weighted by Crippen LogP contribution is 2.42. The van der Waals surface area contributed by atoms with Gasteiger partial charge in [0.1, 0.15) is 11.9 Å². The van der Waals surface area contributed by atoms with Crippen molar-refractivity contribution < 1.29 is 23.0 Å². The third-order valence-electron chi connectivity index (χ3n) is 3.47. The van der Waals surface area contributed by atoms with Crippen molar-refractivity contribution in [3.63, 3.8) is 0 Å². The van der Waals surface area contributed by atoms with Gasteiger partial charge in [-0.3, -0.25) is 0 Å². The SMILES string of the molecule is N#CC1(C(O)c2cc(F)c(F)cc2F)CCOCC1. The molecular formula is C13H12F3NO2. The maximum Gasteiger partial charge on any atom is 0.161 e. The van der Waals surface area contributed by atoms with Gasteiger partial charge in [0.15, 0.2) is 11.6 Å². The summed E-state index contributed by atoms with van der Waals surface area (Å²) in [6.07, 6.45) is -1.09. The largest absolute Gasteiger partial charge is 0.387 e. The first-order valence-corrected chi connectivity index (χ1v) is 5.82. The number of hydrogen-bond acceptors (Lipinski definition) is 3. The van der Waals surface area contributed by atoms with Gasteiger partial charge in [0.05, 0.1) is 11.5 Å². The number of aliphatic hydroxyl groups is 1. The topological polar surface area (TPSA) is 53.2 Å². The Morgan fingerprint density at radius 1 is 1.16 bits per heavy atom. The number of nitrogens with zero attached hydrogens (tertiary/aromatic N) is 1. The second-order valence-electron chi connectivity index (χ2n) is 4.57. The number of ether oxygens (including phenoxy) is 1. The van der Waals surface area contributed by atoms with Crippen LogP contribution in [0, 0.1) is 34.2 Å². The molecule has 0 spiro atoms. The summed E-state index contributed by atoms with van der Waals surface area (Å²) in [4.78, 5) is 0. The molecule has 2 rings (SSSR count). The molecule has 3 nitrogen and oxygen atoms in total. The van der Waals surface area contributed by atoms with Gasteiger partial charge in [-0.2, -0.15) is 5.26 Å². The molecule has 0 aromatic heterocycles. The Kier molecular flexibility index (Phi) is 3.78. The van der Waals surface area contributed by atoms with Gasteiger partial charge < -0.3 is 9.84 Å². The summed E-state index contributed by atoms with van der Waals surface area (Å²) in [6, 6.07) is 2.94. The summed E-state index contributed by atoms with van der Waals surface area (Å²) < 4.78 is 44.7. The maximum atomic E-state index is 13.6. The number of halogens is 3. The minimum atomic E-state index is -1.52. The van der Waals surface area contributed by atoms with Gasteiger partial charge in [-0.1, -0.05) is 0 Å². The fourth-order valence-corrected chi connectivity index (χ4v) is 2.23. The Morgan fingerprint density at radius 2 is 1.74 bits per heavy atom. The van der Waals surface area contributed by atoms with Gasteiger partial charge in [0, 0.05) is 24.8 Å². The van der Waals surface area contributed by atoms with Crippen molar-refractivity contribution in [3.8, 4) is 6.07 Å². The first-order chi connectivity index (χ1) is 9.00. The molecule has 0 bridgehead atoms. The number of nitriles is 1. The molecule has 1 aliphatic rings. The molecule has 102 valence electrons. The quantitative estimate of drug-likeness (QED) is 0.841. The zero-order chi connectivity index (χ0) is 14.0. The van der Waals surface area contributed by atoms with E-state index in [1.54, 1.807) is 0 Å². The summed E-state index contributed by atoms with van der Waals surface area (Å²) in [6.45, 7) is 0.520. The summed E-state index contributed by atoms with van der Waals surface area (Å²) in [5.41, 5.74) is -1.63. The Morgan fingerprint density at radius 3 is 2.32 bits per heavy atom. The van der Waals surface area contributed by atoms with E-state index in [1.165, 1.54) is 0 Å². The van der Waals surface area contributed by atoms with E-state index in [0.29, 0.717) is 12.1 Å². The van der Waals surface area contributed by atoms with Crippen molar-refractivity contribution in [3.05, 3.63) is 35.1 Å². The number of aliphatic hydroxyl groups excluding tert-OH is 1. The number of hydrogen-bond donors (Lipinski definition) is 1. The average Bonchev–Trinajstić information content (AvgIpc) is 2.43. The molecular weight excluding hydrogens is 259 g/mol. The fourth-order valence-electron chi connectivity index (χ4n) is 2.23. The normalized spacial score (nSPS) is 19.7. The summed E-state index contributed by atoms with van der Waals surface area (Å²) in [5, 5.41) is 19.4. The number of rotatable bonds is 2. The third kappa shape index (κ3) is 2.44. The van der Waals surface area contributed by atoms with Crippen LogP contribution in [0.2, 0.25) is 0 Å². The van der Waals surface area contributed by atoms with Crippen LogP contribution in [0.15, 0.2) is 12.1 Å². The monoisotopic (exact) mass is 271 g/mol. The number of benzene rings is 1. The lowest BCUT2D eigenvalue weighted by atomic mass is 9.74. The maximum absolute atomic E-state index is 13.6. The minimum absolute atomic E-state index is 0.211.